The van der Waals surface area contributed by atoms with Gasteiger partial charge in [-0.05, 0) is 39.1 Å². The average molecular weight is 278 g/mol. The number of rotatable bonds is 5. The van der Waals surface area contributed by atoms with E-state index < -0.39 is 0 Å². The van der Waals surface area contributed by atoms with Crippen LogP contribution in [0.4, 0.5) is 11.5 Å². The molecule has 0 aliphatic heterocycles. The summed E-state index contributed by atoms with van der Waals surface area (Å²) >= 11 is 1.78. The maximum Gasteiger partial charge on any atom is 0.151 e. The lowest BCUT2D eigenvalue weighted by molar-refractivity contribution is 0.522. The number of anilines is 2. The van der Waals surface area contributed by atoms with Crippen molar-refractivity contribution in [1.29, 1.82) is 0 Å². The summed E-state index contributed by atoms with van der Waals surface area (Å²) in [6.45, 7) is 10.2. The second kappa shape index (κ2) is 5.65. The lowest BCUT2D eigenvalue weighted by atomic mass is 10.3. The summed E-state index contributed by atoms with van der Waals surface area (Å²) in [7, 11) is 0. The number of nitrogens with two attached hydrogens (primary N) is 1. The topological polar surface area (TPSA) is 47.1 Å². The van der Waals surface area contributed by atoms with Gasteiger partial charge < -0.3 is 10.6 Å². The van der Waals surface area contributed by atoms with E-state index in [1.807, 2.05) is 11.6 Å². The molecule has 0 aliphatic rings. The highest BCUT2D eigenvalue weighted by molar-refractivity contribution is 7.09. The Bertz CT molecular complexity index is 528. The molecule has 2 aromatic heterocycles. The van der Waals surface area contributed by atoms with Gasteiger partial charge in [0.05, 0.1) is 17.9 Å². The molecule has 5 heteroatoms. The molecule has 0 saturated heterocycles. The number of hydrogen-bond acceptors (Lipinski definition) is 4. The lowest BCUT2D eigenvalue weighted by Gasteiger charge is -2.25. The van der Waals surface area contributed by atoms with Crippen LogP contribution < -0.4 is 10.6 Å². The highest BCUT2D eigenvalue weighted by atomic mass is 32.1. The molecule has 0 spiro atoms. The maximum absolute atomic E-state index is 6.23. The van der Waals surface area contributed by atoms with Crippen LogP contribution in [0.5, 0.6) is 0 Å². The first-order valence-electron chi connectivity index (χ1n) is 6.66. The smallest absolute Gasteiger partial charge is 0.151 e. The number of aromatic nitrogens is 2. The largest absolute Gasteiger partial charge is 0.394 e. The van der Waals surface area contributed by atoms with Crippen LogP contribution in [0.25, 0.3) is 0 Å². The second-order valence-corrected chi connectivity index (χ2v) is 5.99. The molecule has 104 valence electrons. The van der Waals surface area contributed by atoms with E-state index in [9.17, 15) is 0 Å². The fourth-order valence-electron chi connectivity index (χ4n) is 2.15. The molecule has 0 unspecified atom stereocenters. The summed E-state index contributed by atoms with van der Waals surface area (Å²) in [5.74, 6) is 1.04. The molecule has 0 saturated carbocycles. The van der Waals surface area contributed by atoms with Gasteiger partial charge in [-0.15, -0.1) is 11.3 Å². The fourth-order valence-corrected chi connectivity index (χ4v) is 2.87. The zero-order valence-corrected chi connectivity index (χ0v) is 12.9. The van der Waals surface area contributed by atoms with Crippen molar-refractivity contribution in [2.75, 3.05) is 17.2 Å². The van der Waals surface area contributed by atoms with Gasteiger partial charge in [0.25, 0.3) is 0 Å². The molecular formula is C14H22N4S. The average Bonchev–Trinajstić information content (AvgIpc) is 2.97. The van der Waals surface area contributed by atoms with Gasteiger partial charge in [0, 0.05) is 17.5 Å². The quantitative estimate of drug-likeness (QED) is 0.911. The van der Waals surface area contributed by atoms with Crippen molar-refractivity contribution >= 4 is 22.8 Å². The molecule has 2 heterocycles. The highest BCUT2D eigenvalue weighted by Crippen LogP contribution is 2.30. The zero-order valence-electron chi connectivity index (χ0n) is 12.1. The summed E-state index contributed by atoms with van der Waals surface area (Å²) in [4.78, 5) is 3.64. The third-order valence-electron chi connectivity index (χ3n) is 3.20. The molecule has 0 amide bonds. The van der Waals surface area contributed by atoms with Gasteiger partial charge in [-0.3, -0.25) is 0 Å². The van der Waals surface area contributed by atoms with Crippen molar-refractivity contribution in [3.8, 4) is 0 Å². The number of hydrogen-bond donors (Lipinski definition) is 1. The van der Waals surface area contributed by atoms with Crippen molar-refractivity contribution in [2.24, 2.45) is 0 Å². The number of nitrogen functional groups attached to an aromatic ring is 1. The van der Waals surface area contributed by atoms with Gasteiger partial charge in [-0.1, -0.05) is 6.07 Å². The number of thiophene rings is 1. The summed E-state index contributed by atoms with van der Waals surface area (Å²) in [6, 6.07) is 4.55. The van der Waals surface area contributed by atoms with Crippen LogP contribution in [-0.2, 0) is 6.54 Å². The number of nitrogens with zero attached hydrogens (tertiary/aromatic N) is 3. The van der Waals surface area contributed by atoms with Crippen molar-refractivity contribution in [3.05, 3.63) is 28.1 Å². The van der Waals surface area contributed by atoms with Gasteiger partial charge in [0.15, 0.2) is 5.82 Å². The minimum absolute atomic E-state index is 0.309. The van der Waals surface area contributed by atoms with Crippen LogP contribution in [0.15, 0.2) is 17.5 Å². The van der Waals surface area contributed by atoms with Gasteiger partial charge in [0.2, 0.25) is 0 Å². The van der Waals surface area contributed by atoms with Crippen molar-refractivity contribution in [3.63, 3.8) is 0 Å². The normalized spacial score (nSPS) is 11.2. The van der Waals surface area contributed by atoms with Crippen LogP contribution >= 0.6 is 11.3 Å². The molecule has 0 radical (unpaired) electrons. The Morgan fingerprint density at radius 1 is 1.47 bits per heavy atom. The van der Waals surface area contributed by atoms with Crippen LogP contribution in [0.3, 0.4) is 0 Å². The molecule has 0 aromatic carbocycles. The Morgan fingerprint density at radius 2 is 2.21 bits per heavy atom. The Balaban J connectivity index is 2.37. The molecule has 2 N–H and O–H groups in total. The first-order chi connectivity index (χ1) is 9.04. The molecule has 2 aromatic rings. The molecule has 0 fully saturated rings. The Labute approximate surface area is 118 Å². The first-order valence-corrected chi connectivity index (χ1v) is 7.54. The van der Waals surface area contributed by atoms with E-state index in [1.54, 1.807) is 11.3 Å². The Morgan fingerprint density at radius 3 is 2.74 bits per heavy atom. The monoisotopic (exact) mass is 278 g/mol. The molecule has 0 bridgehead atoms. The van der Waals surface area contributed by atoms with Gasteiger partial charge in [0.1, 0.15) is 0 Å². The predicted molar refractivity (Wildman–Crippen MR) is 82.8 cm³/mol. The Hall–Kier alpha value is -1.49. The second-order valence-electron chi connectivity index (χ2n) is 4.95. The lowest BCUT2D eigenvalue weighted by Crippen LogP contribution is -2.26. The standard InChI is InChI=1S/C14H22N4S/c1-5-17(9-12-7-6-8-19-12)14-13(15)11(4)16-18(14)10(2)3/h6-8,10H,5,9,15H2,1-4H3. The SMILES string of the molecule is CCN(Cc1cccs1)c1c(N)c(C)nn1C(C)C. The van der Waals surface area contributed by atoms with Gasteiger partial charge in [-0.2, -0.15) is 5.10 Å². The van der Waals surface area contributed by atoms with E-state index in [2.05, 4.69) is 48.3 Å². The highest BCUT2D eigenvalue weighted by Gasteiger charge is 2.20. The van der Waals surface area contributed by atoms with E-state index in [0.717, 1.165) is 30.3 Å². The Kier molecular flexibility index (Phi) is 4.14. The van der Waals surface area contributed by atoms with E-state index in [0.29, 0.717) is 6.04 Å². The minimum atomic E-state index is 0.309. The summed E-state index contributed by atoms with van der Waals surface area (Å²) < 4.78 is 2.03. The van der Waals surface area contributed by atoms with Crippen LogP contribution in [0, 0.1) is 6.92 Å². The van der Waals surface area contributed by atoms with Gasteiger partial charge in [-0.25, -0.2) is 4.68 Å². The third kappa shape index (κ3) is 2.76. The van der Waals surface area contributed by atoms with E-state index in [-0.39, 0.29) is 0 Å². The molecule has 4 nitrogen and oxygen atoms in total. The summed E-state index contributed by atoms with van der Waals surface area (Å²) in [5, 5.41) is 6.67. The summed E-state index contributed by atoms with van der Waals surface area (Å²) in [5.41, 5.74) is 7.93. The van der Waals surface area contributed by atoms with Crippen LogP contribution in [0.1, 0.15) is 37.4 Å². The van der Waals surface area contributed by atoms with E-state index in [1.165, 1.54) is 4.88 Å². The van der Waals surface area contributed by atoms with E-state index >= 15 is 0 Å². The van der Waals surface area contributed by atoms with Crippen LogP contribution in [-0.4, -0.2) is 16.3 Å². The predicted octanol–water partition coefficient (Wildman–Crippen LogP) is 3.44. The van der Waals surface area contributed by atoms with Crippen molar-refractivity contribution < 1.29 is 0 Å². The van der Waals surface area contributed by atoms with E-state index in [4.69, 9.17) is 5.73 Å². The zero-order chi connectivity index (χ0) is 14.0. The molecular weight excluding hydrogens is 256 g/mol. The molecule has 19 heavy (non-hydrogen) atoms. The van der Waals surface area contributed by atoms with Crippen LogP contribution in [0.2, 0.25) is 0 Å². The number of aryl methyl sites for hydroxylation is 1. The van der Waals surface area contributed by atoms with Crippen molar-refractivity contribution in [2.45, 2.75) is 40.3 Å². The molecule has 0 atom stereocenters. The third-order valence-corrected chi connectivity index (χ3v) is 4.06. The van der Waals surface area contributed by atoms with Gasteiger partial charge >= 0.3 is 0 Å². The van der Waals surface area contributed by atoms with Crippen molar-refractivity contribution in [1.82, 2.24) is 9.78 Å². The molecule has 2 rings (SSSR count). The fraction of sp³-hybridized carbons (Fsp3) is 0.500. The molecule has 0 aliphatic carbocycles. The first kappa shape index (κ1) is 13.9. The minimum Gasteiger partial charge on any atom is -0.394 e. The summed E-state index contributed by atoms with van der Waals surface area (Å²) in [6.07, 6.45) is 0. The maximum atomic E-state index is 6.23.